The molecule has 9 aromatic carbocycles. The summed E-state index contributed by atoms with van der Waals surface area (Å²) in [6.07, 6.45) is 6.41. The number of nitrogens with zero attached hydrogens (tertiary/aromatic N) is 1. The van der Waals surface area contributed by atoms with Crippen LogP contribution in [0.1, 0.15) is 18.4 Å². The third kappa shape index (κ3) is 6.63. The van der Waals surface area contributed by atoms with Crippen molar-refractivity contribution in [1.29, 1.82) is 0 Å². The van der Waals surface area contributed by atoms with Gasteiger partial charge in [0.05, 0.1) is 0 Å². The zero-order valence-corrected chi connectivity index (χ0v) is 34.5. The van der Waals surface area contributed by atoms with Gasteiger partial charge >= 0.3 is 0 Å². The van der Waals surface area contributed by atoms with Crippen molar-refractivity contribution in [1.82, 2.24) is 0 Å². The first-order valence-corrected chi connectivity index (χ1v) is 21.7. The molecule has 0 aliphatic heterocycles. The zero-order chi connectivity index (χ0) is 41.7. The van der Waals surface area contributed by atoms with E-state index in [9.17, 15) is 0 Å². The minimum Gasteiger partial charge on any atom is -0.455 e. The van der Waals surface area contributed by atoms with Crippen molar-refractivity contribution in [3.63, 3.8) is 0 Å². The number of furan rings is 2. The number of rotatable bonds is 8. The Morgan fingerprint density at radius 2 is 0.841 bits per heavy atom. The molecule has 2 aromatic heterocycles. The minimum atomic E-state index is 0.882. The molecule has 0 bridgehead atoms. The van der Waals surface area contributed by atoms with E-state index < -0.39 is 0 Å². The first-order valence-electron chi connectivity index (χ1n) is 21.7. The normalized spacial score (nSPS) is 12.8. The van der Waals surface area contributed by atoms with E-state index in [1.165, 1.54) is 39.1 Å². The molecule has 12 rings (SSSR count). The molecule has 298 valence electrons. The van der Waals surface area contributed by atoms with Gasteiger partial charge in [-0.05, 0) is 118 Å². The lowest BCUT2D eigenvalue weighted by Crippen LogP contribution is -2.17. The average molecular weight is 808 g/mol. The Kier molecular flexibility index (Phi) is 8.97. The van der Waals surface area contributed by atoms with Crippen LogP contribution in [-0.2, 0) is 0 Å². The van der Waals surface area contributed by atoms with Gasteiger partial charge in [0.2, 0.25) is 0 Å². The lowest BCUT2D eigenvalue weighted by molar-refractivity contribution is 0.669. The maximum atomic E-state index is 6.68. The van der Waals surface area contributed by atoms with Gasteiger partial charge in [-0.25, -0.2) is 0 Å². The second kappa shape index (κ2) is 15.4. The smallest absolute Gasteiger partial charge is 0.143 e. The van der Waals surface area contributed by atoms with Crippen LogP contribution in [0.2, 0.25) is 0 Å². The van der Waals surface area contributed by atoms with Crippen molar-refractivity contribution >= 4 is 60.8 Å². The van der Waals surface area contributed by atoms with Crippen LogP contribution in [0.5, 0.6) is 0 Å². The molecule has 0 saturated carbocycles. The molecule has 0 amide bonds. The van der Waals surface area contributed by atoms with Crippen molar-refractivity contribution in [3.05, 3.63) is 236 Å². The van der Waals surface area contributed by atoms with E-state index in [2.05, 4.69) is 217 Å². The third-order valence-electron chi connectivity index (χ3n) is 12.6. The molecular formula is C60H41NO2. The highest BCUT2D eigenvalue weighted by Gasteiger charge is 2.21. The number of hydrogen-bond acceptors (Lipinski definition) is 3. The lowest BCUT2D eigenvalue weighted by atomic mass is 9.92. The standard InChI is InChI=1S/C60H41NO2/c1-4-13-40(14-5-1)42-23-30-48(31-24-42)61(50-34-27-45(28-35-50)51-20-12-21-53-52-19-10-11-22-57(52)62-59(51)53)49-32-25-43(26-33-49)46-29-36-58-55(37-46)56-39-47(41-15-6-2-7-16-41)38-54(60(56)63-58)44-17-8-3-9-18-44/h1-25,27-32,34-39H,26,33H2. The van der Waals surface area contributed by atoms with E-state index in [-0.39, 0.29) is 0 Å². The Labute approximate surface area is 366 Å². The van der Waals surface area contributed by atoms with E-state index in [0.717, 1.165) is 90.3 Å². The maximum Gasteiger partial charge on any atom is 0.143 e. The van der Waals surface area contributed by atoms with Crippen LogP contribution in [0.15, 0.2) is 239 Å². The number of fused-ring (bicyclic) bond motifs is 6. The van der Waals surface area contributed by atoms with E-state index in [4.69, 9.17) is 8.83 Å². The molecule has 63 heavy (non-hydrogen) atoms. The number of benzene rings is 9. The molecular weight excluding hydrogens is 767 g/mol. The molecule has 3 nitrogen and oxygen atoms in total. The molecule has 0 spiro atoms. The number of hydrogen-bond donors (Lipinski definition) is 0. The molecule has 0 saturated heterocycles. The first-order chi connectivity index (χ1) is 31.2. The topological polar surface area (TPSA) is 29.5 Å². The van der Waals surface area contributed by atoms with Gasteiger partial charge in [-0.1, -0.05) is 164 Å². The van der Waals surface area contributed by atoms with Crippen LogP contribution in [0.25, 0.3) is 94.0 Å². The summed E-state index contributed by atoms with van der Waals surface area (Å²) in [6, 6.07) is 75.6. The van der Waals surface area contributed by atoms with Crippen molar-refractivity contribution in [2.45, 2.75) is 12.8 Å². The second-order valence-corrected chi connectivity index (χ2v) is 16.4. The molecule has 0 N–H and O–H groups in total. The van der Waals surface area contributed by atoms with Gasteiger partial charge in [-0.3, -0.25) is 0 Å². The Balaban J connectivity index is 0.929. The van der Waals surface area contributed by atoms with Gasteiger partial charge in [0, 0.05) is 49.7 Å². The fourth-order valence-corrected chi connectivity index (χ4v) is 9.44. The highest BCUT2D eigenvalue weighted by atomic mass is 16.3. The quantitative estimate of drug-likeness (QED) is 0.153. The van der Waals surface area contributed by atoms with Gasteiger partial charge < -0.3 is 13.7 Å². The predicted octanol–water partition coefficient (Wildman–Crippen LogP) is 17.1. The largest absolute Gasteiger partial charge is 0.455 e. The number of allylic oxidation sites excluding steroid dienone is 4. The third-order valence-corrected chi connectivity index (χ3v) is 12.6. The molecule has 0 atom stereocenters. The monoisotopic (exact) mass is 807 g/mol. The van der Waals surface area contributed by atoms with Crippen molar-refractivity contribution in [2.75, 3.05) is 4.90 Å². The van der Waals surface area contributed by atoms with E-state index in [1.54, 1.807) is 0 Å². The summed E-state index contributed by atoms with van der Waals surface area (Å²) in [5.41, 5.74) is 18.9. The minimum absolute atomic E-state index is 0.882. The summed E-state index contributed by atoms with van der Waals surface area (Å²) in [5, 5.41) is 4.54. The Morgan fingerprint density at radius 1 is 0.317 bits per heavy atom. The molecule has 1 aliphatic rings. The van der Waals surface area contributed by atoms with Crippen LogP contribution in [-0.4, -0.2) is 0 Å². The van der Waals surface area contributed by atoms with Crippen LogP contribution >= 0.6 is 0 Å². The lowest BCUT2D eigenvalue weighted by Gasteiger charge is -2.30. The fraction of sp³-hybridized carbons (Fsp3) is 0.0333. The van der Waals surface area contributed by atoms with E-state index in [1.807, 2.05) is 12.1 Å². The van der Waals surface area contributed by atoms with Crippen LogP contribution < -0.4 is 4.90 Å². The van der Waals surface area contributed by atoms with Gasteiger partial charge in [0.15, 0.2) is 0 Å². The molecule has 0 radical (unpaired) electrons. The number of anilines is 2. The molecule has 11 aromatic rings. The van der Waals surface area contributed by atoms with E-state index >= 15 is 0 Å². The highest BCUT2D eigenvalue weighted by molar-refractivity contribution is 6.12. The SMILES string of the molecule is C1=C(c2ccc3oc4c(-c5ccccc5)cc(-c5ccccc5)cc4c3c2)CCC(N(c2ccc(-c3ccccc3)cc2)c2ccc(-c3cccc4c3oc3ccccc34)cc2)=C1. The Hall–Kier alpha value is -8.14. The van der Waals surface area contributed by atoms with E-state index in [0.29, 0.717) is 0 Å². The van der Waals surface area contributed by atoms with Crippen LogP contribution in [0.4, 0.5) is 11.4 Å². The van der Waals surface area contributed by atoms with Gasteiger partial charge in [0.1, 0.15) is 22.3 Å². The molecule has 2 heterocycles. The second-order valence-electron chi connectivity index (χ2n) is 16.4. The van der Waals surface area contributed by atoms with Crippen LogP contribution in [0.3, 0.4) is 0 Å². The predicted molar refractivity (Wildman–Crippen MR) is 263 cm³/mol. The Bertz CT molecular complexity index is 3520. The van der Waals surface area contributed by atoms with Crippen molar-refractivity contribution in [2.24, 2.45) is 0 Å². The summed E-state index contributed by atoms with van der Waals surface area (Å²) >= 11 is 0. The van der Waals surface area contributed by atoms with Crippen molar-refractivity contribution < 1.29 is 8.83 Å². The fourth-order valence-electron chi connectivity index (χ4n) is 9.44. The summed E-state index contributed by atoms with van der Waals surface area (Å²) in [6.45, 7) is 0. The van der Waals surface area contributed by atoms with Gasteiger partial charge in [0.25, 0.3) is 0 Å². The molecule has 0 unspecified atom stereocenters. The molecule has 1 aliphatic carbocycles. The highest BCUT2D eigenvalue weighted by Crippen LogP contribution is 2.43. The summed E-state index contributed by atoms with van der Waals surface area (Å²) < 4.78 is 13.1. The van der Waals surface area contributed by atoms with Crippen molar-refractivity contribution in [3.8, 4) is 44.5 Å². The maximum absolute atomic E-state index is 6.68. The summed E-state index contributed by atoms with van der Waals surface area (Å²) in [7, 11) is 0. The average Bonchev–Trinajstić information content (AvgIpc) is 3.94. The first kappa shape index (κ1) is 36.7. The summed E-state index contributed by atoms with van der Waals surface area (Å²) in [5.74, 6) is 0. The Morgan fingerprint density at radius 3 is 1.52 bits per heavy atom. The summed E-state index contributed by atoms with van der Waals surface area (Å²) in [4.78, 5) is 2.41. The van der Waals surface area contributed by atoms with Crippen LogP contribution in [0, 0.1) is 0 Å². The molecule has 3 heteroatoms. The zero-order valence-electron chi connectivity index (χ0n) is 34.5. The number of para-hydroxylation sites is 2. The van der Waals surface area contributed by atoms with Gasteiger partial charge in [-0.15, -0.1) is 0 Å². The van der Waals surface area contributed by atoms with Gasteiger partial charge in [-0.2, -0.15) is 0 Å². The molecule has 0 fully saturated rings.